The number of nitrogens with one attached hydrogen (secondary N) is 1. The maximum absolute atomic E-state index is 11.8. The molecule has 1 aromatic heterocycles. The number of hydrogen-bond donors (Lipinski definition) is 1. The Labute approximate surface area is 178 Å². The van der Waals surface area contributed by atoms with E-state index in [1.165, 1.54) is 12.5 Å². The molecule has 3 aromatic rings. The van der Waals surface area contributed by atoms with Crippen LogP contribution in [0.15, 0.2) is 73.3 Å². The summed E-state index contributed by atoms with van der Waals surface area (Å²) in [5.74, 6) is 0.891. The quantitative estimate of drug-likeness (QED) is 0.354. The Morgan fingerprint density at radius 3 is 2.68 bits per heavy atom. The van der Waals surface area contributed by atoms with Crippen molar-refractivity contribution in [3.8, 4) is 11.5 Å². The fraction of sp³-hybridized carbons (Fsp3) is 0.100. The van der Waals surface area contributed by atoms with E-state index in [0.29, 0.717) is 22.6 Å². The van der Waals surface area contributed by atoms with Gasteiger partial charge in [-0.3, -0.25) is 4.79 Å². The summed E-state index contributed by atoms with van der Waals surface area (Å²) in [7, 11) is 1.56. The third kappa shape index (κ3) is 5.24. The van der Waals surface area contributed by atoms with Crippen molar-refractivity contribution in [3.05, 3.63) is 80.6 Å². The van der Waals surface area contributed by atoms with Crippen molar-refractivity contribution in [1.82, 2.24) is 5.43 Å². The van der Waals surface area contributed by atoms with Gasteiger partial charge in [-0.2, -0.15) is 5.10 Å². The molecule has 28 heavy (non-hydrogen) atoms. The number of nitrogens with zero attached hydrogens (tertiary/aromatic N) is 1. The van der Waals surface area contributed by atoms with E-state index >= 15 is 0 Å². The number of rotatable bonds is 7. The number of carbonyl (C=O) groups excluding carboxylic acids is 1. The van der Waals surface area contributed by atoms with E-state index < -0.39 is 5.91 Å². The molecule has 1 amide bonds. The van der Waals surface area contributed by atoms with Gasteiger partial charge in [0.15, 0.2) is 17.3 Å². The Balaban J connectivity index is 1.69. The first kappa shape index (κ1) is 20.2. The van der Waals surface area contributed by atoms with Crippen LogP contribution in [0.4, 0.5) is 0 Å². The smallest absolute Gasteiger partial charge is 0.307 e. The number of hydrogen-bond acceptors (Lipinski definition) is 5. The Morgan fingerprint density at radius 2 is 2.00 bits per heavy atom. The minimum absolute atomic E-state index is 0.188. The van der Waals surface area contributed by atoms with Gasteiger partial charge in [-0.15, -0.1) is 0 Å². The van der Waals surface area contributed by atoms with Crippen LogP contribution in [0.3, 0.4) is 0 Å². The molecular formula is C20H16Br2N2O4. The topological polar surface area (TPSA) is 73.1 Å². The first-order valence-electron chi connectivity index (χ1n) is 8.18. The number of amides is 1. The summed E-state index contributed by atoms with van der Waals surface area (Å²) in [6, 6.07) is 14.7. The van der Waals surface area contributed by atoms with Crippen molar-refractivity contribution in [2.75, 3.05) is 7.11 Å². The van der Waals surface area contributed by atoms with Crippen molar-refractivity contribution < 1.29 is 18.7 Å². The molecule has 2 aromatic carbocycles. The lowest BCUT2D eigenvalue weighted by atomic mass is 10.2. The van der Waals surface area contributed by atoms with Crippen LogP contribution < -0.4 is 14.9 Å². The van der Waals surface area contributed by atoms with Gasteiger partial charge in [0.1, 0.15) is 6.61 Å². The van der Waals surface area contributed by atoms with Gasteiger partial charge in [0.2, 0.25) is 0 Å². The lowest BCUT2D eigenvalue weighted by Gasteiger charge is -2.13. The largest absolute Gasteiger partial charge is 0.493 e. The van der Waals surface area contributed by atoms with Crippen LogP contribution in [-0.2, 0) is 6.61 Å². The summed E-state index contributed by atoms with van der Waals surface area (Å²) >= 11 is 6.91. The SMILES string of the molecule is COc1cc(/C=N\NC(=O)c2ccco2)cc(Br)c1OCc1ccc(Br)cc1. The van der Waals surface area contributed by atoms with Gasteiger partial charge in [0.25, 0.3) is 0 Å². The number of methoxy groups -OCH3 is 1. The lowest BCUT2D eigenvalue weighted by Crippen LogP contribution is -2.16. The van der Waals surface area contributed by atoms with E-state index in [0.717, 1.165) is 15.6 Å². The van der Waals surface area contributed by atoms with Crippen LogP contribution in [0.2, 0.25) is 0 Å². The van der Waals surface area contributed by atoms with Crippen LogP contribution in [0, 0.1) is 0 Å². The van der Waals surface area contributed by atoms with Crippen molar-refractivity contribution in [2.24, 2.45) is 5.10 Å². The highest BCUT2D eigenvalue weighted by molar-refractivity contribution is 9.10. The van der Waals surface area contributed by atoms with Crippen LogP contribution in [0.5, 0.6) is 11.5 Å². The molecule has 1 N–H and O–H groups in total. The molecule has 8 heteroatoms. The van der Waals surface area contributed by atoms with Crippen molar-refractivity contribution >= 4 is 44.0 Å². The predicted molar refractivity (Wildman–Crippen MR) is 113 cm³/mol. The fourth-order valence-corrected chi connectivity index (χ4v) is 3.16. The molecule has 0 fully saturated rings. The molecular weight excluding hydrogens is 492 g/mol. The van der Waals surface area contributed by atoms with Crippen molar-refractivity contribution in [1.29, 1.82) is 0 Å². The molecule has 0 aliphatic rings. The van der Waals surface area contributed by atoms with E-state index in [4.69, 9.17) is 13.9 Å². The second-order valence-corrected chi connectivity index (χ2v) is 7.40. The maximum atomic E-state index is 11.8. The summed E-state index contributed by atoms with van der Waals surface area (Å²) < 4.78 is 18.1. The normalized spacial score (nSPS) is 10.8. The van der Waals surface area contributed by atoms with Crippen LogP contribution in [0.1, 0.15) is 21.7 Å². The highest BCUT2D eigenvalue weighted by atomic mass is 79.9. The summed E-state index contributed by atoms with van der Waals surface area (Å²) in [6.45, 7) is 0.398. The predicted octanol–water partition coefficient (Wildman–Crippen LogP) is 5.16. The zero-order chi connectivity index (χ0) is 19.9. The fourth-order valence-electron chi connectivity index (χ4n) is 2.32. The molecule has 0 saturated carbocycles. The van der Waals surface area contributed by atoms with E-state index in [1.807, 2.05) is 30.3 Å². The van der Waals surface area contributed by atoms with Gasteiger partial charge in [-0.05, 0) is 63.5 Å². The molecule has 3 rings (SSSR count). The third-order valence-corrected chi connectivity index (χ3v) is 4.79. The number of carbonyl (C=O) groups is 1. The highest BCUT2D eigenvalue weighted by Gasteiger charge is 2.12. The second kappa shape index (κ2) is 9.57. The van der Waals surface area contributed by atoms with Crippen LogP contribution in [-0.4, -0.2) is 19.2 Å². The van der Waals surface area contributed by atoms with E-state index in [9.17, 15) is 4.79 Å². The number of benzene rings is 2. The molecule has 0 unspecified atom stereocenters. The summed E-state index contributed by atoms with van der Waals surface area (Å²) in [5, 5.41) is 3.94. The van der Waals surface area contributed by atoms with Gasteiger partial charge in [0.05, 0.1) is 24.1 Å². The molecule has 1 heterocycles. The van der Waals surface area contributed by atoms with Gasteiger partial charge >= 0.3 is 5.91 Å². The molecule has 0 radical (unpaired) electrons. The third-order valence-electron chi connectivity index (χ3n) is 3.67. The zero-order valence-electron chi connectivity index (χ0n) is 14.8. The van der Waals surface area contributed by atoms with E-state index in [2.05, 4.69) is 42.4 Å². The molecule has 0 aliphatic carbocycles. The molecule has 0 spiro atoms. The van der Waals surface area contributed by atoms with E-state index in [1.54, 1.807) is 25.3 Å². The first-order chi connectivity index (χ1) is 13.6. The molecule has 0 bridgehead atoms. The summed E-state index contributed by atoms with van der Waals surface area (Å²) in [4.78, 5) is 11.8. The molecule has 0 saturated heterocycles. The second-order valence-electron chi connectivity index (χ2n) is 5.63. The molecule has 0 atom stereocenters. The van der Waals surface area contributed by atoms with Gasteiger partial charge in [0, 0.05) is 4.47 Å². The van der Waals surface area contributed by atoms with E-state index in [-0.39, 0.29) is 5.76 Å². The number of hydrazone groups is 1. The maximum Gasteiger partial charge on any atom is 0.307 e. The Bertz CT molecular complexity index is 971. The molecule has 144 valence electrons. The van der Waals surface area contributed by atoms with Gasteiger partial charge in [-0.1, -0.05) is 28.1 Å². The summed E-state index contributed by atoms with van der Waals surface area (Å²) in [6.07, 6.45) is 2.93. The number of halogens is 2. The standard InChI is InChI=1S/C20H16Br2N2O4/c1-26-18-10-14(11-23-24-20(25)17-3-2-8-27-17)9-16(22)19(18)28-12-13-4-6-15(21)7-5-13/h2-11H,12H2,1H3,(H,24,25)/b23-11-. The number of furan rings is 1. The van der Waals surface area contributed by atoms with Crippen LogP contribution in [0.25, 0.3) is 0 Å². The summed E-state index contributed by atoms with van der Waals surface area (Å²) in [5.41, 5.74) is 4.15. The van der Waals surface area contributed by atoms with Crippen LogP contribution >= 0.6 is 31.9 Å². The van der Waals surface area contributed by atoms with Gasteiger partial charge in [-0.25, -0.2) is 5.43 Å². The Morgan fingerprint density at radius 1 is 1.21 bits per heavy atom. The lowest BCUT2D eigenvalue weighted by molar-refractivity contribution is 0.0927. The molecule has 0 aliphatic heterocycles. The van der Waals surface area contributed by atoms with Gasteiger partial charge < -0.3 is 13.9 Å². The highest BCUT2D eigenvalue weighted by Crippen LogP contribution is 2.36. The average molecular weight is 508 g/mol. The molecule has 6 nitrogen and oxygen atoms in total. The Hall–Kier alpha value is -2.58. The minimum atomic E-state index is -0.429. The monoisotopic (exact) mass is 506 g/mol. The average Bonchev–Trinajstić information content (AvgIpc) is 3.23. The minimum Gasteiger partial charge on any atom is -0.493 e. The van der Waals surface area contributed by atoms with Crippen molar-refractivity contribution in [3.63, 3.8) is 0 Å². The Kier molecular flexibility index (Phi) is 6.89. The first-order valence-corrected chi connectivity index (χ1v) is 9.77. The van der Waals surface area contributed by atoms with Crippen molar-refractivity contribution in [2.45, 2.75) is 6.61 Å². The number of ether oxygens (including phenoxy) is 2. The zero-order valence-corrected chi connectivity index (χ0v) is 18.0.